The van der Waals surface area contributed by atoms with Crippen LogP contribution in [0.15, 0.2) is 72.0 Å². The highest BCUT2D eigenvalue weighted by molar-refractivity contribution is 8.21. The van der Waals surface area contributed by atoms with Crippen molar-refractivity contribution in [2.45, 2.75) is 18.9 Å². The first-order valence-electron chi connectivity index (χ1n) is 9.87. The quantitative estimate of drug-likeness (QED) is 0.563. The summed E-state index contributed by atoms with van der Waals surface area (Å²) >= 11 is 1.34. The van der Waals surface area contributed by atoms with E-state index in [1.54, 1.807) is 12.1 Å². The fourth-order valence-corrected chi connectivity index (χ4v) is 4.48. The van der Waals surface area contributed by atoms with Crippen molar-refractivity contribution in [3.63, 3.8) is 0 Å². The smallest absolute Gasteiger partial charge is 0.232 e. The van der Waals surface area contributed by atoms with Gasteiger partial charge in [0.05, 0.1) is 19.5 Å². The third-order valence-electron chi connectivity index (χ3n) is 5.09. The lowest BCUT2D eigenvalue weighted by molar-refractivity contribution is 0.0987. The number of methoxy groups -OCH3 is 1. The van der Waals surface area contributed by atoms with Gasteiger partial charge in [0.25, 0.3) is 0 Å². The van der Waals surface area contributed by atoms with Crippen LogP contribution >= 0.6 is 11.8 Å². The van der Waals surface area contributed by atoms with Crippen LogP contribution in [0, 0.1) is 5.82 Å². The Labute approximate surface area is 189 Å². The van der Waals surface area contributed by atoms with Crippen LogP contribution < -0.4 is 10.5 Å². The lowest BCUT2D eigenvalue weighted by atomic mass is 9.88. The monoisotopic (exact) mass is 448 g/mol. The predicted octanol–water partition coefficient (Wildman–Crippen LogP) is 4.37. The maximum Gasteiger partial charge on any atom is 0.232 e. The van der Waals surface area contributed by atoms with Crippen molar-refractivity contribution in [1.82, 2.24) is 9.97 Å². The van der Waals surface area contributed by atoms with Crippen LogP contribution in [0.5, 0.6) is 5.88 Å². The Bertz CT molecular complexity index is 1210. The molecule has 0 spiro atoms. The van der Waals surface area contributed by atoms with E-state index >= 15 is 0 Å². The van der Waals surface area contributed by atoms with Gasteiger partial charge in [-0.15, -0.1) is 0 Å². The summed E-state index contributed by atoms with van der Waals surface area (Å²) in [6.07, 6.45) is 4.71. The van der Waals surface area contributed by atoms with Gasteiger partial charge in [0, 0.05) is 16.9 Å². The minimum atomic E-state index is -1.01. The molecule has 0 aliphatic carbocycles. The highest BCUT2D eigenvalue weighted by Gasteiger charge is 2.32. The first kappa shape index (κ1) is 21.7. The van der Waals surface area contributed by atoms with Crippen LogP contribution in [0.1, 0.15) is 34.1 Å². The summed E-state index contributed by atoms with van der Waals surface area (Å²) < 4.78 is 19.9. The molecular formula is C24H21FN4O2S. The summed E-state index contributed by atoms with van der Waals surface area (Å²) in [5, 5.41) is 0.350. The van der Waals surface area contributed by atoms with Crippen LogP contribution in [0.2, 0.25) is 0 Å². The summed E-state index contributed by atoms with van der Waals surface area (Å²) in [6.45, 7) is 1.81. The van der Waals surface area contributed by atoms with Crippen LogP contribution in [0.4, 0.5) is 4.39 Å². The Morgan fingerprint density at radius 1 is 1.16 bits per heavy atom. The third-order valence-corrected chi connectivity index (χ3v) is 5.97. The summed E-state index contributed by atoms with van der Waals surface area (Å²) in [6, 6.07) is 14.3. The van der Waals surface area contributed by atoms with E-state index in [2.05, 4.69) is 15.0 Å². The van der Waals surface area contributed by atoms with Crippen molar-refractivity contribution in [2.24, 2.45) is 10.7 Å². The van der Waals surface area contributed by atoms with Crippen molar-refractivity contribution < 1.29 is 13.9 Å². The second-order valence-corrected chi connectivity index (χ2v) is 8.49. The Morgan fingerprint density at radius 3 is 2.62 bits per heavy atom. The van der Waals surface area contributed by atoms with Gasteiger partial charge in [0.15, 0.2) is 11.0 Å². The van der Waals surface area contributed by atoms with E-state index in [9.17, 15) is 9.18 Å². The van der Waals surface area contributed by atoms with Crippen molar-refractivity contribution >= 4 is 27.6 Å². The lowest BCUT2D eigenvalue weighted by Crippen LogP contribution is -2.26. The molecule has 0 amide bonds. The number of aliphatic imine (C=N–C) groups is 1. The number of amidine groups is 1. The lowest BCUT2D eigenvalue weighted by Gasteiger charge is -2.29. The van der Waals surface area contributed by atoms with Gasteiger partial charge < -0.3 is 10.5 Å². The third kappa shape index (κ3) is 4.55. The zero-order chi connectivity index (χ0) is 22.7. The van der Waals surface area contributed by atoms with Gasteiger partial charge in [-0.25, -0.2) is 19.4 Å². The molecule has 0 saturated carbocycles. The molecule has 2 aromatic carbocycles. The number of hydrogen-bond acceptors (Lipinski definition) is 7. The van der Waals surface area contributed by atoms with Crippen molar-refractivity contribution in [1.29, 1.82) is 0 Å². The molecular weight excluding hydrogens is 427 g/mol. The van der Waals surface area contributed by atoms with Gasteiger partial charge in [-0.3, -0.25) is 4.79 Å². The average Bonchev–Trinajstić information content (AvgIpc) is 2.80. The molecule has 1 unspecified atom stereocenters. The summed E-state index contributed by atoms with van der Waals surface area (Å²) in [4.78, 5) is 26.2. The number of halogens is 1. The van der Waals surface area contributed by atoms with E-state index in [-0.39, 0.29) is 17.9 Å². The highest BCUT2D eigenvalue weighted by atomic mass is 32.2. The van der Waals surface area contributed by atoms with Crippen LogP contribution in [-0.2, 0) is 12.0 Å². The maximum atomic E-state index is 14.9. The minimum Gasteiger partial charge on any atom is -0.480 e. The standard InChI is InChI=1S/C24H21FN4O2S/c1-24(12-21(32-23(26)29-24)16-6-4-3-5-7-16)17-10-15(8-9-18(17)25)11-20(30)19-13-28-22(31-2)14-27-19/h3-10,12-14H,11H2,1-2H3,(H2,26,29). The number of rotatable bonds is 6. The number of carbonyl (C=O) groups is 1. The van der Waals surface area contributed by atoms with Gasteiger partial charge in [-0.1, -0.05) is 48.2 Å². The van der Waals surface area contributed by atoms with Crippen LogP contribution in [0.3, 0.4) is 0 Å². The number of ketones is 1. The normalized spacial score (nSPS) is 18.0. The van der Waals surface area contributed by atoms with E-state index in [0.29, 0.717) is 22.2 Å². The van der Waals surface area contributed by atoms with E-state index in [1.165, 1.54) is 37.3 Å². The number of ether oxygens (including phenoxy) is 1. The summed E-state index contributed by atoms with van der Waals surface area (Å²) in [5.41, 5.74) is 7.29. The van der Waals surface area contributed by atoms with Crippen LogP contribution in [-0.4, -0.2) is 28.0 Å². The highest BCUT2D eigenvalue weighted by Crippen LogP contribution is 2.41. The first-order valence-corrected chi connectivity index (χ1v) is 10.7. The van der Waals surface area contributed by atoms with Gasteiger partial charge in [-0.05, 0) is 36.3 Å². The average molecular weight is 449 g/mol. The summed E-state index contributed by atoms with van der Waals surface area (Å²) in [5.74, 6) is -0.323. The van der Waals surface area contributed by atoms with Gasteiger partial charge in [-0.2, -0.15) is 0 Å². The number of benzene rings is 2. The Balaban J connectivity index is 1.66. The predicted molar refractivity (Wildman–Crippen MR) is 124 cm³/mol. The van der Waals surface area contributed by atoms with Gasteiger partial charge in [0.1, 0.15) is 17.1 Å². The SMILES string of the molecule is COc1cnc(C(=O)Cc2ccc(F)c(C3(C)C=C(c4ccccc4)SC(N)=N3)c2)cn1. The number of nitrogens with two attached hydrogens (primary N) is 1. The molecule has 0 bridgehead atoms. The zero-order valence-electron chi connectivity index (χ0n) is 17.6. The fourth-order valence-electron chi connectivity index (χ4n) is 3.48. The number of carbonyl (C=O) groups excluding carboxylic acids is 1. The van der Waals surface area contributed by atoms with Gasteiger partial charge in [0.2, 0.25) is 5.88 Å². The largest absolute Gasteiger partial charge is 0.480 e. The molecule has 2 heterocycles. The van der Waals surface area contributed by atoms with Crippen molar-refractivity contribution in [3.05, 3.63) is 95.2 Å². The molecule has 1 aliphatic rings. The number of nitrogens with zero attached hydrogens (tertiary/aromatic N) is 3. The van der Waals surface area contributed by atoms with E-state index in [4.69, 9.17) is 10.5 Å². The molecule has 32 heavy (non-hydrogen) atoms. The molecule has 3 aromatic rings. The molecule has 0 saturated heterocycles. The first-order chi connectivity index (χ1) is 15.4. The van der Waals surface area contributed by atoms with E-state index in [1.807, 2.05) is 43.3 Å². The second kappa shape index (κ2) is 8.92. The Kier molecular flexibility index (Phi) is 6.05. The molecule has 6 nitrogen and oxygen atoms in total. The second-order valence-electron chi connectivity index (χ2n) is 7.43. The Morgan fingerprint density at radius 2 is 1.94 bits per heavy atom. The van der Waals surface area contributed by atoms with Crippen molar-refractivity contribution in [2.75, 3.05) is 7.11 Å². The minimum absolute atomic E-state index is 0.0492. The Hall–Kier alpha value is -3.52. The number of thioether (sulfide) groups is 1. The van der Waals surface area contributed by atoms with Crippen molar-refractivity contribution in [3.8, 4) is 5.88 Å². The molecule has 1 atom stereocenters. The number of aromatic nitrogens is 2. The number of hydrogen-bond donors (Lipinski definition) is 1. The summed E-state index contributed by atoms with van der Waals surface area (Å²) in [7, 11) is 1.47. The van der Waals surface area contributed by atoms with Crippen LogP contribution in [0.25, 0.3) is 4.91 Å². The molecule has 1 aromatic heterocycles. The molecule has 1 aliphatic heterocycles. The molecule has 0 fully saturated rings. The topological polar surface area (TPSA) is 90.5 Å². The zero-order valence-corrected chi connectivity index (χ0v) is 18.4. The molecule has 8 heteroatoms. The molecule has 0 radical (unpaired) electrons. The van der Waals surface area contributed by atoms with Gasteiger partial charge >= 0.3 is 0 Å². The molecule has 2 N–H and O–H groups in total. The maximum absolute atomic E-state index is 14.9. The molecule has 4 rings (SSSR count). The fraction of sp³-hybridized carbons (Fsp3) is 0.167. The van der Waals surface area contributed by atoms with E-state index < -0.39 is 11.4 Å². The number of Topliss-reactive ketones (excluding diaryl/α,β-unsaturated/α-hetero) is 1. The molecule has 162 valence electrons. The van der Waals surface area contributed by atoms with E-state index in [0.717, 1.165) is 10.5 Å².